The first-order chi connectivity index (χ1) is 10.3. The monoisotopic (exact) mass is 280 g/mol. The Hall–Kier alpha value is -2.13. The third-order valence-electron chi connectivity index (χ3n) is 4.05. The fraction of sp³-hybridized carbons (Fsp3) is 0.278. The summed E-state index contributed by atoms with van der Waals surface area (Å²) >= 11 is 0. The predicted octanol–water partition coefficient (Wildman–Crippen LogP) is 2.82. The van der Waals surface area contributed by atoms with Crippen LogP contribution >= 0.6 is 0 Å². The maximum absolute atomic E-state index is 12.8. The average Bonchev–Trinajstić information content (AvgIpc) is 2.56. The molecule has 0 N–H and O–H groups in total. The molecule has 0 spiro atoms. The van der Waals surface area contributed by atoms with Crippen LogP contribution < -0.4 is 0 Å². The Morgan fingerprint density at radius 1 is 0.952 bits per heavy atom. The first kappa shape index (κ1) is 13.8. The summed E-state index contributed by atoms with van der Waals surface area (Å²) in [6, 6.07) is 20.0. The Balaban J connectivity index is 1.90. The van der Waals surface area contributed by atoms with Crippen molar-refractivity contribution in [1.29, 1.82) is 0 Å². The van der Waals surface area contributed by atoms with Gasteiger partial charge in [0.2, 0.25) is 0 Å². The van der Waals surface area contributed by atoms with Gasteiger partial charge in [0, 0.05) is 25.2 Å². The summed E-state index contributed by atoms with van der Waals surface area (Å²) in [5.74, 6) is 0.123. The first-order valence-corrected chi connectivity index (χ1v) is 7.35. The summed E-state index contributed by atoms with van der Waals surface area (Å²) in [6.45, 7) is 2.56. The van der Waals surface area contributed by atoms with Gasteiger partial charge in [-0.05, 0) is 24.7 Å². The molecular formula is C18H20N2O. The van der Waals surface area contributed by atoms with E-state index in [1.807, 2.05) is 53.4 Å². The number of likely N-dealkylation sites (N-methyl/N-ethyl adjacent to an activating group) is 1. The Bertz CT molecular complexity index is 597. The molecule has 1 fully saturated rings. The van der Waals surface area contributed by atoms with Crippen molar-refractivity contribution < 1.29 is 4.79 Å². The van der Waals surface area contributed by atoms with E-state index in [1.54, 1.807) is 0 Å². The summed E-state index contributed by atoms with van der Waals surface area (Å²) in [4.78, 5) is 17.1. The van der Waals surface area contributed by atoms with Crippen LogP contribution in [0.1, 0.15) is 22.0 Å². The number of piperazine rings is 1. The van der Waals surface area contributed by atoms with Gasteiger partial charge < -0.3 is 9.80 Å². The van der Waals surface area contributed by atoms with E-state index in [4.69, 9.17) is 0 Å². The van der Waals surface area contributed by atoms with Crippen molar-refractivity contribution in [2.45, 2.75) is 6.04 Å². The Labute approximate surface area is 125 Å². The van der Waals surface area contributed by atoms with Gasteiger partial charge in [-0.3, -0.25) is 4.79 Å². The van der Waals surface area contributed by atoms with Gasteiger partial charge in [-0.15, -0.1) is 0 Å². The lowest BCUT2D eigenvalue weighted by Gasteiger charge is -2.40. The van der Waals surface area contributed by atoms with E-state index in [9.17, 15) is 4.79 Å². The van der Waals surface area contributed by atoms with Gasteiger partial charge in [0.05, 0.1) is 6.04 Å². The molecule has 0 saturated carbocycles. The third-order valence-corrected chi connectivity index (χ3v) is 4.05. The van der Waals surface area contributed by atoms with Gasteiger partial charge in [0.25, 0.3) is 5.91 Å². The highest BCUT2D eigenvalue weighted by Crippen LogP contribution is 2.26. The molecule has 0 bridgehead atoms. The van der Waals surface area contributed by atoms with E-state index in [1.165, 1.54) is 5.56 Å². The zero-order chi connectivity index (χ0) is 14.7. The Morgan fingerprint density at radius 3 is 2.24 bits per heavy atom. The number of carbonyl (C=O) groups excluding carboxylic acids is 1. The number of hydrogen-bond acceptors (Lipinski definition) is 2. The molecule has 0 aliphatic carbocycles. The van der Waals surface area contributed by atoms with E-state index in [-0.39, 0.29) is 11.9 Å². The van der Waals surface area contributed by atoms with Gasteiger partial charge in [0.1, 0.15) is 0 Å². The molecule has 1 amide bonds. The smallest absolute Gasteiger partial charge is 0.254 e. The van der Waals surface area contributed by atoms with Crippen LogP contribution in [0.15, 0.2) is 60.7 Å². The zero-order valence-electron chi connectivity index (χ0n) is 12.3. The minimum atomic E-state index is 0.123. The SMILES string of the molecule is CN1CCN(C(=O)c2ccccc2)[C@H](c2ccccc2)C1. The molecule has 1 saturated heterocycles. The molecule has 3 nitrogen and oxygen atoms in total. The standard InChI is InChI=1S/C18H20N2O/c1-19-12-13-20(18(21)16-10-6-3-7-11-16)17(14-19)15-8-4-2-5-9-15/h2-11,17H,12-14H2,1H3/t17-/m0/s1. The molecule has 3 rings (SSSR count). The molecule has 2 aromatic rings. The van der Waals surface area contributed by atoms with Crippen LogP contribution in [0.5, 0.6) is 0 Å². The Morgan fingerprint density at radius 2 is 1.57 bits per heavy atom. The highest BCUT2D eigenvalue weighted by molar-refractivity contribution is 5.94. The molecule has 1 aliphatic heterocycles. The summed E-state index contributed by atoms with van der Waals surface area (Å²) < 4.78 is 0. The summed E-state index contributed by atoms with van der Waals surface area (Å²) in [7, 11) is 2.11. The second-order valence-electron chi connectivity index (χ2n) is 5.55. The van der Waals surface area contributed by atoms with E-state index in [0.717, 1.165) is 25.2 Å². The van der Waals surface area contributed by atoms with E-state index >= 15 is 0 Å². The van der Waals surface area contributed by atoms with Crippen molar-refractivity contribution in [3.63, 3.8) is 0 Å². The van der Waals surface area contributed by atoms with Crippen LogP contribution in [0.2, 0.25) is 0 Å². The minimum Gasteiger partial charge on any atom is -0.329 e. The fourth-order valence-electron chi connectivity index (χ4n) is 2.87. The van der Waals surface area contributed by atoms with Crippen molar-refractivity contribution in [2.75, 3.05) is 26.7 Å². The van der Waals surface area contributed by atoms with E-state index in [2.05, 4.69) is 24.1 Å². The maximum Gasteiger partial charge on any atom is 0.254 e. The molecular weight excluding hydrogens is 260 g/mol. The molecule has 1 aliphatic rings. The van der Waals surface area contributed by atoms with Crippen molar-refractivity contribution in [3.8, 4) is 0 Å². The molecule has 21 heavy (non-hydrogen) atoms. The lowest BCUT2D eigenvalue weighted by Crippen LogP contribution is -2.49. The average molecular weight is 280 g/mol. The third kappa shape index (κ3) is 2.98. The van der Waals surface area contributed by atoms with Crippen LogP contribution in [0.3, 0.4) is 0 Å². The molecule has 1 atom stereocenters. The summed E-state index contributed by atoms with van der Waals surface area (Å²) in [5, 5.41) is 0. The minimum absolute atomic E-state index is 0.123. The van der Waals surface area contributed by atoms with Crippen LogP contribution in [-0.4, -0.2) is 42.4 Å². The van der Waals surface area contributed by atoms with Gasteiger partial charge >= 0.3 is 0 Å². The highest BCUT2D eigenvalue weighted by Gasteiger charge is 2.30. The van der Waals surface area contributed by atoms with Crippen LogP contribution in [0.4, 0.5) is 0 Å². The number of amides is 1. The topological polar surface area (TPSA) is 23.6 Å². The lowest BCUT2D eigenvalue weighted by atomic mass is 10.0. The van der Waals surface area contributed by atoms with Crippen molar-refractivity contribution in [3.05, 3.63) is 71.8 Å². The van der Waals surface area contributed by atoms with Crippen molar-refractivity contribution in [2.24, 2.45) is 0 Å². The number of rotatable bonds is 2. The molecule has 3 heteroatoms. The van der Waals surface area contributed by atoms with Gasteiger partial charge in [-0.2, -0.15) is 0 Å². The summed E-state index contributed by atoms with van der Waals surface area (Å²) in [5.41, 5.74) is 1.97. The maximum atomic E-state index is 12.8. The quantitative estimate of drug-likeness (QED) is 0.844. The molecule has 0 radical (unpaired) electrons. The number of carbonyl (C=O) groups is 1. The van der Waals surface area contributed by atoms with Crippen LogP contribution in [0, 0.1) is 0 Å². The van der Waals surface area contributed by atoms with Gasteiger partial charge in [-0.1, -0.05) is 48.5 Å². The second-order valence-corrected chi connectivity index (χ2v) is 5.55. The highest BCUT2D eigenvalue weighted by atomic mass is 16.2. The van der Waals surface area contributed by atoms with Gasteiger partial charge in [0.15, 0.2) is 0 Å². The first-order valence-electron chi connectivity index (χ1n) is 7.35. The van der Waals surface area contributed by atoms with Crippen molar-refractivity contribution in [1.82, 2.24) is 9.80 Å². The van der Waals surface area contributed by atoms with Gasteiger partial charge in [-0.25, -0.2) is 0 Å². The second kappa shape index (κ2) is 6.10. The Kier molecular flexibility index (Phi) is 4.02. The normalized spacial score (nSPS) is 19.5. The molecule has 1 heterocycles. The van der Waals surface area contributed by atoms with Crippen molar-refractivity contribution >= 4 is 5.91 Å². The van der Waals surface area contributed by atoms with Crippen LogP contribution in [0.25, 0.3) is 0 Å². The number of benzene rings is 2. The van der Waals surface area contributed by atoms with Crippen LogP contribution in [-0.2, 0) is 0 Å². The predicted molar refractivity (Wildman–Crippen MR) is 84.2 cm³/mol. The lowest BCUT2D eigenvalue weighted by molar-refractivity contribution is 0.0498. The summed E-state index contributed by atoms with van der Waals surface area (Å²) in [6.07, 6.45) is 0. The molecule has 108 valence electrons. The number of hydrogen-bond donors (Lipinski definition) is 0. The fourth-order valence-corrected chi connectivity index (χ4v) is 2.87. The largest absolute Gasteiger partial charge is 0.329 e. The van der Waals surface area contributed by atoms with E-state index < -0.39 is 0 Å². The van der Waals surface area contributed by atoms with E-state index in [0.29, 0.717) is 0 Å². The number of nitrogens with zero attached hydrogens (tertiary/aromatic N) is 2. The molecule has 2 aromatic carbocycles. The molecule has 0 unspecified atom stereocenters. The zero-order valence-corrected chi connectivity index (χ0v) is 12.3. The molecule has 0 aromatic heterocycles.